The molecule has 1 saturated heterocycles. The first kappa shape index (κ1) is 21.9. The van der Waals surface area contributed by atoms with Gasteiger partial charge in [0.25, 0.3) is 10.2 Å². The predicted octanol–water partition coefficient (Wildman–Crippen LogP) is 1.46. The highest BCUT2D eigenvalue weighted by molar-refractivity contribution is 7.86. The van der Waals surface area contributed by atoms with Crippen LogP contribution >= 0.6 is 11.6 Å². The standard InChI is InChI=1S/C17H28ClN5O3S/c1-13(2)12-23-17(18)15(14(3)19-23)6-7-16(24)21-8-10-22(11-9-21)27(25,26)20(4)5/h6-7,13H,8-12H2,1-5H3/b7-6+. The lowest BCUT2D eigenvalue weighted by Gasteiger charge is -2.34. The van der Waals surface area contributed by atoms with Gasteiger partial charge in [0.05, 0.1) is 5.69 Å². The zero-order chi connectivity index (χ0) is 20.4. The molecule has 1 aromatic heterocycles. The Balaban J connectivity index is 2.02. The Bertz CT molecular complexity index is 809. The maximum Gasteiger partial charge on any atom is 0.281 e. The van der Waals surface area contributed by atoms with E-state index in [9.17, 15) is 13.2 Å². The van der Waals surface area contributed by atoms with Crippen LogP contribution < -0.4 is 0 Å². The molecule has 2 heterocycles. The number of piperazine rings is 1. The Morgan fingerprint density at radius 2 is 1.85 bits per heavy atom. The SMILES string of the molecule is Cc1nn(CC(C)C)c(Cl)c1/C=C/C(=O)N1CCN(S(=O)(=O)N(C)C)CC1. The van der Waals surface area contributed by atoms with E-state index in [4.69, 9.17) is 11.6 Å². The second-order valence-electron chi connectivity index (χ2n) is 7.21. The lowest BCUT2D eigenvalue weighted by Crippen LogP contribution is -2.52. The van der Waals surface area contributed by atoms with Crippen LogP contribution in [0.3, 0.4) is 0 Å². The molecule has 0 atom stereocenters. The molecule has 8 nitrogen and oxygen atoms in total. The average molecular weight is 418 g/mol. The summed E-state index contributed by atoms with van der Waals surface area (Å²) in [5.74, 6) is 0.249. The fourth-order valence-electron chi connectivity index (χ4n) is 2.85. The van der Waals surface area contributed by atoms with E-state index in [1.165, 1.54) is 28.8 Å². The summed E-state index contributed by atoms with van der Waals surface area (Å²) in [4.78, 5) is 14.1. The Morgan fingerprint density at radius 1 is 1.26 bits per heavy atom. The molecule has 1 aliphatic heterocycles. The first-order valence-corrected chi connectivity index (χ1v) is 10.7. The summed E-state index contributed by atoms with van der Waals surface area (Å²) in [6, 6.07) is 0. The van der Waals surface area contributed by atoms with E-state index < -0.39 is 10.2 Å². The van der Waals surface area contributed by atoms with Crippen LogP contribution in [-0.2, 0) is 21.5 Å². The van der Waals surface area contributed by atoms with Crippen molar-refractivity contribution in [2.75, 3.05) is 40.3 Å². The molecule has 0 saturated carbocycles. The molecule has 0 aromatic carbocycles. The molecule has 0 spiro atoms. The molecule has 0 aliphatic carbocycles. The van der Waals surface area contributed by atoms with Crippen molar-refractivity contribution >= 4 is 33.8 Å². The van der Waals surface area contributed by atoms with E-state index in [0.717, 1.165) is 11.3 Å². The third kappa shape index (κ3) is 5.10. The molecule has 2 rings (SSSR count). The van der Waals surface area contributed by atoms with Crippen molar-refractivity contribution in [2.24, 2.45) is 5.92 Å². The van der Waals surface area contributed by atoms with Crippen molar-refractivity contribution in [3.05, 3.63) is 22.5 Å². The topological polar surface area (TPSA) is 78.8 Å². The van der Waals surface area contributed by atoms with E-state index in [1.807, 2.05) is 6.92 Å². The van der Waals surface area contributed by atoms with Crippen LogP contribution in [0.15, 0.2) is 6.08 Å². The number of amides is 1. The molecule has 1 aliphatic rings. The van der Waals surface area contributed by atoms with Gasteiger partial charge in [-0.1, -0.05) is 25.4 Å². The molecule has 27 heavy (non-hydrogen) atoms. The lowest BCUT2D eigenvalue weighted by atomic mass is 10.2. The highest BCUT2D eigenvalue weighted by Gasteiger charge is 2.29. The second-order valence-corrected chi connectivity index (χ2v) is 9.71. The van der Waals surface area contributed by atoms with Crippen LogP contribution in [0.25, 0.3) is 6.08 Å². The average Bonchev–Trinajstić information content (AvgIpc) is 2.85. The highest BCUT2D eigenvalue weighted by atomic mass is 35.5. The third-order valence-electron chi connectivity index (χ3n) is 4.38. The van der Waals surface area contributed by atoms with Crippen molar-refractivity contribution in [3.63, 3.8) is 0 Å². The highest BCUT2D eigenvalue weighted by Crippen LogP contribution is 2.22. The Morgan fingerprint density at radius 3 is 2.37 bits per heavy atom. The molecule has 1 amide bonds. The van der Waals surface area contributed by atoms with Crippen molar-refractivity contribution < 1.29 is 13.2 Å². The second kappa shape index (κ2) is 8.72. The first-order valence-electron chi connectivity index (χ1n) is 8.91. The normalized spacial score (nSPS) is 16.8. The Kier molecular flexibility index (Phi) is 7.07. The zero-order valence-electron chi connectivity index (χ0n) is 16.5. The molecule has 0 unspecified atom stereocenters. The summed E-state index contributed by atoms with van der Waals surface area (Å²) in [5.41, 5.74) is 1.51. The summed E-state index contributed by atoms with van der Waals surface area (Å²) >= 11 is 6.39. The maximum absolute atomic E-state index is 12.5. The van der Waals surface area contributed by atoms with Crippen LogP contribution in [0.4, 0.5) is 0 Å². The fraction of sp³-hybridized carbons (Fsp3) is 0.647. The molecule has 152 valence electrons. The maximum atomic E-state index is 12.5. The molecular formula is C17H28ClN5O3S. The number of hydrogen-bond donors (Lipinski definition) is 0. The predicted molar refractivity (Wildman–Crippen MR) is 107 cm³/mol. The minimum Gasteiger partial charge on any atom is -0.337 e. The number of aromatic nitrogens is 2. The first-order chi connectivity index (χ1) is 12.5. The summed E-state index contributed by atoms with van der Waals surface area (Å²) in [5, 5.41) is 4.95. The van der Waals surface area contributed by atoms with Crippen LogP contribution in [0.5, 0.6) is 0 Å². The number of hydrogen-bond acceptors (Lipinski definition) is 4. The molecule has 1 aromatic rings. The minimum atomic E-state index is -3.44. The van der Waals surface area contributed by atoms with E-state index in [2.05, 4.69) is 18.9 Å². The van der Waals surface area contributed by atoms with E-state index in [-0.39, 0.29) is 19.0 Å². The van der Waals surface area contributed by atoms with Gasteiger partial charge in [0.15, 0.2) is 0 Å². The van der Waals surface area contributed by atoms with Crippen molar-refractivity contribution in [3.8, 4) is 0 Å². The molecule has 0 radical (unpaired) electrons. The Hall–Kier alpha value is -1.42. The number of carbonyl (C=O) groups is 1. The van der Waals surface area contributed by atoms with Gasteiger partial charge in [0, 0.05) is 58.5 Å². The zero-order valence-corrected chi connectivity index (χ0v) is 18.1. The minimum absolute atomic E-state index is 0.163. The fourth-order valence-corrected chi connectivity index (χ4v) is 4.25. The van der Waals surface area contributed by atoms with Gasteiger partial charge in [0.2, 0.25) is 5.91 Å². The number of carbonyl (C=O) groups excluding carboxylic acids is 1. The van der Waals surface area contributed by atoms with Gasteiger partial charge < -0.3 is 4.90 Å². The van der Waals surface area contributed by atoms with Gasteiger partial charge in [-0.05, 0) is 18.9 Å². The monoisotopic (exact) mass is 417 g/mol. The van der Waals surface area contributed by atoms with Crippen LogP contribution in [0.1, 0.15) is 25.1 Å². The van der Waals surface area contributed by atoms with Crippen LogP contribution in [-0.4, -0.2) is 77.9 Å². The molecule has 1 fully saturated rings. The van der Waals surface area contributed by atoms with Gasteiger partial charge >= 0.3 is 0 Å². The quantitative estimate of drug-likeness (QED) is 0.656. The molecule has 0 bridgehead atoms. The van der Waals surface area contributed by atoms with Gasteiger partial charge in [-0.15, -0.1) is 0 Å². The number of rotatable bonds is 6. The summed E-state index contributed by atoms with van der Waals surface area (Å²) < 4.78 is 28.6. The van der Waals surface area contributed by atoms with Crippen molar-refractivity contribution in [2.45, 2.75) is 27.3 Å². The van der Waals surface area contributed by atoms with Crippen LogP contribution in [0, 0.1) is 12.8 Å². The molecular weight excluding hydrogens is 390 g/mol. The van der Waals surface area contributed by atoms with Crippen LogP contribution in [0.2, 0.25) is 5.15 Å². The van der Waals surface area contributed by atoms with Gasteiger partial charge in [0.1, 0.15) is 5.15 Å². The lowest BCUT2D eigenvalue weighted by molar-refractivity contribution is -0.127. The van der Waals surface area contributed by atoms with E-state index in [1.54, 1.807) is 15.7 Å². The van der Waals surface area contributed by atoms with Gasteiger partial charge in [-0.2, -0.15) is 22.1 Å². The van der Waals surface area contributed by atoms with Gasteiger partial charge in [-0.25, -0.2) is 0 Å². The van der Waals surface area contributed by atoms with E-state index in [0.29, 0.717) is 30.7 Å². The smallest absolute Gasteiger partial charge is 0.281 e. The summed E-state index contributed by atoms with van der Waals surface area (Å²) in [6.45, 7) is 8.02. The number of nitrogens with zero attached hydrogens (tertiary/aromatic N) is 5. The molecule has 0 N–H and O–H groups in total. The van der Waals surface area contributed by atoms with E-state index >= 15 is 0 Å². The third-order valence-corrected chi connectivity index (χ3v) is 6.72. The number of aryl methyl sites for hydroxylation is 1. The molecule has 10 heteroatoms. The number of halogens is 1. The largest absolute Gasteiger partial charge is 0.337 e. The van der Waals surface area contributed by atoms with Crippen molar-refractivity contribution in [1.82, 2.24) is 23.3 Å². The summed E-state index contributed by atoms with van der Waals surface area (Å²) in [6.07, 6.45) is 3.17. The van der Waals surface area contributed by atoms with Crippen molar-refractivity contribution in [1.29, 1.82) is 0 Å². The summed E-state index contributed by atoms with van der Waals surface area (Å²) in [7, 11) is -0.438. The Labute approximate surface area is 166 Å². The van der Waals surface area contributed by atoms with Gasteiger partial charge in [-0.3, -0.25) is 9.48 Å².